The Bertz CT molecular complexity index is 406. The molecule has 0 bridgehead atoms. The lowest BCUT2D eigenvalue weighted by atomic mass is 10.1. The highest BCUT2D eigenvalue weighted by Gasteiger charge is 1.97. The minimum absolute atomic E-state index is 0.896. The minimum atomic E-state index is 0.896. The molecule has 0 aliphatic heterocycles. The lowest BCUT2D eigenvalue weighted by Gasteiger charge is -1.93. The van der Waals surface area contributed by atoms with Crippen LogP contribution in [-0.4, -0.2) is 9.59 Å². The van der Waals surface area contributed by atoms with Crippen LogP contribution < -0.4 is 0 Å². The Morgan fingerprint density at radius 2 is 2.42 bits per heavy atom. The van der Waals surface area contributed by atoms with Gasteiger partial charge in [-0.2, -0.15) is 0 Å². The van der Waals surface area contributed by atoms with Crippen molar-refractivity contribution in [2.45, 2.75) is 6.42 Å². The summed E-state index contributed by atoms with van der Waals surface area (Å²) >= 11 is 1.43. The van der Waals surface area contributed by atoms with E-state index in [1.54, 1.807) is 0 Å². The van der Waals surface area contributed by atoms with Crippen LogP contribution in [0.4, 0.5) is 0 Å². The first-order valence-corrected chi connectivity index (χ1v) is 4.49. The van der Waals surface area contributed by atoms with Crippen molar-refractivity contribution in [2.24, 2.45) is 0 Å². The maximum atomic E-state index is 4.00. The molecule has 12 heavy (non-hydrogen) atoms. The number of hydrogen-bond donors (Lipinski definition) is 0. The fraction of sp³-hybridized carbons (Fsp3) is 0.111. The van der Waals surface area contributed by atoms with Gasteiger partial charge in [0.15, 0.2) is 0 Å². The van der Waals surface area contributed by atoms with Gasteiger partial charge in [0.25, 0.3) is 0 Å². The monoisotopic (exact) mass is 176 g/mol. The van der Waals surface area contributed by atoms with Crippen LogP contribution in [-0.2, 0) is 6.42 Å². The Labute approximate surface area is 74.7 Å². The van der Waals surface area contributed by atoms with Crippen molar-refractivity contribution >= 4 is 21.7 Å². The third kappa shape index (κ3) is 1.23. The lowest BCUT2D eigenvalue weighted by Crippen LogP contribution is -1.79. The molecule has 0 aliphatic carbocycles. The number of nitrogens with zero attached hydrogens (tertiary/aromatic N) is 2. The first kappa shape index (κ1) is 7.43. The Balaban J connectivity index is 2.52. The van der Waals surface area contributed by atoms with Crippen LogP contribution in [0.3, 0.4) is 0 Å². The summed E-state index contributed by atoms with van der Waals surface area (Å²) < 4.78 is 5.01. The highest BCUT2D eigenvalue weighted by molar-refractivity contribution is 7.12. The summed E-state index contributed by atoms with van der Waals surface area (Å²) in [5.74, 6) is 0. The van der Waals surface area contributed by atoms with Gasteiger partial charge in [-0.05, 0) is 35.6 Å². The van der Waals surface area contributed by atoms with Gasteiger partial charge in [-0.25, -0.2) is 0 Å². The zero-order valence-electron chi connectivity index (χ0n) is 6.53. The molecule has 2 nitrogen and oxygen atoms in total. The van der Waals surface area contributed by atoms with E-state index in [0.717, 1.165) is 16.6 Å². The van der Waals surface area contributed by atoms with E-state index in [2.05, 4.69) is 34.4 Å². The van der Waals surface area contributed by atoms with Crippen molar-refractivity contribution in [1.82, 2.24) is 9.59 Å². The van der Waals surface area contributed by atoms with Gasteiger partial charge in [0, 0.05) is 0 Å². The summed E-state index contributed by atoms with van der Waals surface area (Å²) in [5.41, 5.74) is 2.23. The smallest absolute Gasteiger partial charge is 0.106 e. The van der Waals surface area contributed by atoms with Crippen molar-refractivity contribution in [3.05, 3.63) is 36.4 Å². The molecule has 0 spiro atoms. The summed E-state index contributed by atoms with van der Waals surface area (Å²) in [5, 5.41) is 4.00. The quantitative estimate of drug-likeness (QED) is 0.657. The van der Waals surface area contributed by atoms with Crippen LogP contribution in [0, 0.1) is 0 Å². The van der Waals surface area contributed by atoms with E-state index in [4.69, 9.17) is 0 Å². The number of benzene rings is 1. The lowest BCUT2D eigenvalue weighted by molar-refractivity contribution is 1.19. The fourth-order valence-corrected chi connectivity index (χ4v) is 1.66. The molecule has 1 heterocycles. The van der Waals surface area contributed by atoms with Gasteiger partial charge in [-0.1, -0.05) is 16.6 Å². The first-order chi connectivity index (χ1) is 5.90. The molecule has 1 aromatic heterocycles. The maximum absolute atomic E-state index is 4.00. The van der Waals surface area contributed by atoms with E-state index in [9.17, 15) is 0 Å². The van der Waals surface area contributed by atoms with E-state index >= 15 is 0 Å². The second kappa shape index (κ2) is 3.03. The molecule has 3 heteroatoms. The van der Waals surface area contributed by atoms with Gasteiger partial charge < -0.3 is 0 Å². The summed E-state index contributed by atoms with van der Waals surface area (Å²) in [6.07, 6.45) is 2.79. The predicted molar refractivity (Wildman–Crippen MR) is 51.3 cm³/mol. The van der Waals surface area contributed by atoms with Crippen molar-refractivity contribution in [3.8, 4) is 0 Å². The Hall–Kier alpha value is -1.22. The molecule has 0 radical (unpaired) electrons. The van der Waals surface area contributed by atoms with Crippen LogP contribution in [0.15, 0.2) is 30.9 Å². The molecule has 0 saturated carbocycles. The van der Waals surface area contributed by atoms with Crippen molar-refractivity contribution in [3.63, 3.8) is 0 Å². The van der Waals surface area contributed by atoms with Crippen molar-refractivity contribution < 1.29 is 0 Å². The minimum Gasteiger partial charge on any atom is -0.138 e. The topological polar surface area (TPSA) is 25.8 Å². The zero-order valence-corrected chi connectivity index (χ0v) is 7.34. The highest BCUT2D eigenvalue weighted by atomic mass is 32.1. The molecule has 0 aliphatic rings. The van der Waals surface area contributed by atoms with Crippen LogP contribution >= 0.6 is 11.5 Å². The van der Waals surface area contributed by atoms with E-state index in [1.165, 1.54) is 17.1 Å². The normalized spacial score (nSPS) is 10.3. The SMILES string of the molecule is C=CCc1ccc2snnc2c1. The van der Waals surface area contributed by atoms with Gasteiger partial charge in [0.1, 0.15) is 5.52 Å². The van der Waals surface area contributed by atoms with Crippen molar-refractivity contribution in [1.29, 1.82) is 0 Å². The third-order valence-electron chi connectivity index (χ3n) is 1.69. The Morgan fingerprint density at radius 3 is 3.25 bits per heavy atom. The van der Waals surface area contributed by atoms with Gasteiger partial charge in [-0.3, -0.25) is 0 Å². The van der Waals surface area contributed by atoms with E-state index in [-0.39, 0.29) is 0 Å². The molecule has 0 saturated heterocycles. The second-order valence-corrected chi connectivity index (χ2v) is 3.35. The fourth-order valence-electron chi connectivity index (χ4n) is 1.12. The molecule has 0 amide bonds. The third-order valence-corrected chi connectivity index (χ3v) is 2.40. The van der Waals surface area contributed by atoms with Crippen LogP contribution in [0.2, 0.25) is 0 Å². The van der Waals surface area contributed by atoms with Crippen LogP contribution in [0.1, 0.15) is 5.56 Å². The molecule has 2 aromatic rings. The van der Waals surface area contributed by atoms with E-state index in [1.807, 2.05) is 6.08 Å². The summed E-state index contributed by atoms with van der Waals surface area (Å²) in [6.45, 7) is 3.69. The molecule has 0 fully saturated rings. The van der Waals surface area contributed by atoms with Gasteiger partial charge in [0.2, 0.25) is 0 Å². The molecular weight excluding hydrogens is 168 g/mol. The van der Waals surface area contributed by atoms with Crippen LogP contribution in [0.25, 0.3) is 10.2 Å². The molecular formula is C9H8N2S. The van der Waals surface area contributed by atoms with Gasteiger partial charge in [0.05, 0.1) is 4.70 Å². The van der Waals surface area contributed by atoms with E-state index in [0.29, 0.717) is 0 Å². The standard InChI is InChI=1S/C9H8N2S/c1-2-3-7-4-5-9-8(6-7)10-11-12-9/h2,4-6H,1,3H2. The average molecular weight is 176 g/mol. The Morgan fingerprint density at radius 1 is 1.50 bits per heavy atom. The largest absolute Gasteiger partial charge is 0.138 e. The van der Waals surface area contributed by atoms with Crippen LogP contribution in [0.5, 0.6) is 0 Å². The number of rotatable bonds is 2. The molecule has 2 rings (SSSR count). The number of allylic oxidation sites excluding steroid dienone is 1. The first-order valence-electron chi connectivity index (χ1n) is 3.72. The second-order valence-electron chi connectivity index (χ2n) is 2.57. The van der Waals surface area contributed by atoms with Gasteiger partial charge in [-0.15, -0.1) is 11.7 Å². The molecule has 0 atom stereocenters. The average Bonchev–Trinajstić information content (AvgIpc) is 2.51. The zero-order chi connectivity index (χ0) is 8.39. The van der Waals surface area contributed by atoms with E-state index < -0.39 is 0 Å². The number of fused-ring (bicyclic) bond motifs is 1. The number of hydrogen-bond acceptors (Lipinski definition) is 3. The molecule has 60 valence electrons. The van der Waals surface area contributed by atoms with Crippen molar-refractivity contribution in [2.75, 3.05) is 0 Å². The predicted octanol–water partition coefficient (Wildman–Crippen LogP) is 2.42. The summed E-state index contributed by atoms with van der Waals surface area (Å²) in [4.78, 5) is 0. The maximum Gasteiger partial charge on any atom is 0.106 e. The highest BCUT2D eigenvalue weighted by Crippen LogP contribution is 2.16. The summed E-state index contributed by atoms with van der Waals surface area (Å²) in [6, 6.07) is 6.20. The molecule has 0 unspecified atom stereocenters. The van der Waals surface area contributed by atoms with Gasteiger partial charge >= 0.3 is 0 Å². The Kier molecular flexibility index (Phi) is 1.87. The summed E-state index contributed by atoms with van der Waals surface area (Å²) in [7, 11) is 0. The molecule has 1 aromatic carbocycles. The molecule has 0 N–H and O–H groups in total. The number of aromatic nitrogens is 2.